The van der Waals surface area contributed by atoms with Crippen LogP contribution >= 0.6 is 11.6 Å². The number of benzene rings is 1. The molecule has 2 aliphatic rings. The molecular formula is C15H21ClN2O3S. The maximum atomic E-state index is 12.6. The molecule has 0 amide bonds. The Kier molecular flexibility index (Phi) is 4.64. The maximum absolute atomic E-state index is 12.6. The Morgan fingerprint density at radius 1 is 1.27 bits per heavy atom. The molecule has 2 aliphatic heterocycles. The van der Waals surface area contributed by atoms with Crippen molar-refractivity contribution in [1.82, 2.24) is 9.62 Å². The molecule has 2 fully saturated rings. The lowest BCUT2D eigenvalue weighted by molar-refractivity contribution is 0.186. The molecule has 122 valence electrons. The van der Waals surface area contributed by atoms with Gasteiger partial charge in [-0.1, -0.05) is 18.0 Å². The zero-order chi connectivity index (χ0) is 15.7. The molecule has 0 bridgehead atoms. The molecule has 2 atom stereocenters. The molecule has 0 aliphatic carbocycles. The van der Waals surface area contributed by atoms with Gasteiger partial charge in [-0.15, -0.1) is 0 Å². The summed E-state index contributed by atoms with van der Waals surface area (Å²) in [6, 6.07) is 4.87. The summed E-state index contributed by atoms with van der Waals surface area (Å²) in [6.45, 7) is 2.05. The van der Waals surface area contributed by atoms with E-state index in [0.717, 1.165) is 25.9 Å². The molecule has 0 unspecified atom stereocenters. The third kappa shape index (κ3) is 3.11. The minimum atomic E-state index is -3.56. The number of rotatable bonds is 4. The third-order valence-electron chi connectivity index (χ3n) is 4.60. The molecule has 1 aromatic carbocycles. The number of ether oxygens (including phenoxy) is 1. The Morgan fingerprint density at radius 2 is 2.09 bits per heavy atom. The Hall–Kier alpha value is -0.820. The second-order valence-electron chi connectivity index (χ2n) is 5.91. The number of methoxy groups -OCH3 is 1. The van der Waals surface area contributed by atoms with E-state index < -0.39 is 10.0 Å². The van der Waals surface area contributed by atoms with Crippen molar-refractivity contribution in [2.24, 2.45) is 0 Å². The summed E-state index contributed by atoms with van der Waals surface area (Å²) in [5.41, 5.74) is 0. The Labute approximate surface area is 136 Å². The first kappa shape index (κ1) is 16.1. The molecule has 2 saturated heterocycles. The topological polar surface area (TPSA) is 58.6 Å². The molecule has 2 heterocycles. The summed E-state index contributed by atoms with van der Waals surface area (Å²) < 4.78 is 33.1. The molecule has 1 aromatic rings. The summed E-state index contributed by atoms with van der Waals surface area (Å²) in [6.07, 6.45) is 4.32. The Morgan fingerprint density at radius 3 is 2.82 bits per heavy atom. The number of nitrogens with zero attached hydrogens (tertiary/aromatic N) is 1. The fourth-order valence-electron chi connectivity index (χ4n) is 3.47. The Bertz CT molecular complexity index is 650. The molecule has 0 aromatic heterocycles. The van der Waals surface area contributed by atoms with Crippen LogP contribution in [-0.2, 0) is 10.0 Å². The highest BCUT2D eigenvalue weighted by atomic mass is 35.5. The number of piperidine rings is 1. The van der Waals surface area contributed by atoms with E-state index in [-0.39, 0.29) is 10.9 Å². The van der Waals surface area contributed by atoms with E-state index in [1.807, 2.05) is 0 Å². The monoisotopic (exact) mass is 344 g/mol. The molecule has 0 spiro atoms. The minimum Gasteiger partial charge on any atom is -0.495 e. The number of halogens is 1. The van der Waals surface area contributed by atoms with Gasteiger partial charge in [0, 0.05) is 18.6 Å². The third-order valence-corrected chi connectivity index (χ3v) is 6.38. The van der Waals surface area contributed by atoms with E-state index >= 15 is 0 Å². The van der Waals surface area contributed by atoms with Crippen LogP contribution in [0.25, 0.3) is 0 Å². The summed E-state index contributed by atoms with van der Waals surface area (Å²) in [7, 11) is -2.05. The largest absolute Gasteiger partial charge is 0.495 e. The molecule has 0 saturated carbocycles. The second kappa shape index (κ2) is 6.35. The van der Waals surface area contributed by atoms with E-state index in [4.69, 9.17) is 16.3 Å². The average molecular weight is 345 g/mol. The van der Waals surface area contributed by atoms with Gasteiger partial charge in [0.25, 0.3) is 0 Å². The first-order valence-electron chi connectivity index (χ1n) is 7.61. The van der Waals surface area contributed by atoms with Gasteiger partial charge in [0.05, 0.1) is 17.0 Å². The van der Waals surface area contributed by atoms with Gasteiger partial charge in [-0.2, -0.15) is 0 Å². The van der Waals surface area contributed by atoms with Gasteiger partial charge >= 0.3 is 0 Å². The van der Waals surface area contributed by atoms with Gasteiger partial charge in [0.15, 0.2) is 0 Å². The summed E-state index contributed by atoms with van der Waals surface area (Å²) in [4.78, 5) is 2.59. The van der Waals surface area contributed by atoms with Crippen LogP contribution < -0.4 is 9.46 Å². The van der Waals surface area contributed by atoms with E-state index in [1.54, 1.807) is 6.07 Å². The van der Waals surface area contributed by atoms with Crippen molar-refractivity contribution in [1.29, 1.82) is 0 Å². The van der Waals surface area contributed by atoms with Gasteiger partial charge in [0.2, 0.25) is 10.0 Å². The number of fused-ring (bicyclic) bond motifs is 1. The normalized spacial score (nSPS) is 25.9. The zero-order valence-corrected chi connectivity index (χ0v) is 14.2. The number of hydrogen-bond acceptors (Lipinski definition) is 4. The molecular weight excluding hydrogens is 324 g/mol. The predicted octanol–water partition coefficient (Wildman–Crippen LogP) is 2.25. The lowest BCUT2D eigenvalue weighted by Crippen LogP contribution is -2.46. The lowest BCUT2D eigenvalue weighted by atomic mass is 10.00. The van der Waals surface area contributed by atoms with Gasteiger partial charge in [-0.3, -0.25) is 4.90 Å². The van der Waals surface area contributed by atoms with Crippen molar-refractivity contribution in [2.45, 2.75) is 42.7 Å². The first-order valence-corrected chi connectivity index (χ1v) is 9.47. The fourth-order valence-corrected chi connectivity index (χ4v) is 5.12. The molecule has 7 heteroatoms. The molecule has 3 rings (SSSR count). The van der Waals surface area contributed by atoms with Gasteiger partial charge in [0.1, 0.15) is 5.75 Å². The van der Waals surface area contributed by atoms with E-state index in [0.29, 0.717) is 16.8 Å². The molecule has 0 radical (unpaired) electrons. The highest BCUT2D eigenvalue weighted by Crippen LogP contribution is 2.30. The second-order valence-corrected chi connectivity index (χ2v) is 8.03. The quantitative estimate of drug-likeness (QED) is 0.910. The van der Waals surface area contributed by atoms with Crippen LogP contribution in [0.5, 0.6) is 5.75 Å². The van der Waals surface area contributed by atoms with Gasteiger partial charge in [-0.05, 0) is 44.0 Å². The Balaban J connectivity index is 1.77. The highest BCUT2D eigenvalue weighted by molar-refractivity contribution is 7.89. The maximum Gasteiger partial charge on any atom is 0.240 e. The summed E-state index contributed by atoms with van der Waals surface area (Å²) in [5.74, 6) is 0.472. The zero-order valence-electron chi connectivity index (χ0n) is 12.6. The van der Waals surface area contributed by atoms with Gasteiger partial charge in [-0.25, -0.2) is 13.1 Å². The van der Waals surface area contributed by atoms with Crippen LogP contribution in [0.15, 0.2) is 23.1 Å². The first-order chi connectivity index (χ1) is 10.5. The van der Waals surface area contributed by atoms with Crippen molar-refractivity contribution in [3.05, 3.63) is 23.2 Å². The van der Waals surface area contributed by atoms with E-state index in [1.165, 1.54) is 32.1 Å². The number of hydrogen-bond donors (Lipinski definition) is 1. The van der Waals surface area contributed by atoms with E-state index in [9.17, 15) is 8.42 Å². The minimum absolute atomic E-state index is 0.00817. The van der Waals surface area contributed by atoms with Crippen LogP contribution in [0.2, 0.25) is 5.02 Å². The standard InChI is InChI=1S/C15H21ClN2O3S/c1-21-15-6-5-11(10-12(15)16)22(19,20)17-13-7-9-18-8-3-2-4-14(13)18/h5-6,10,13-14,17H,2-4,7-9H2,1H3/t13-,14-/m0/s1. The van der Waals surface area contributed by atoms with Crippen molar-refractivity contribution in [3.63, 3.8) is 0 Å². The van der Waals surface area contributed by atoms with Crippen LogP contribution in [0, 0.1) is 0 Å². The average Bonchev–Trinajstić information content (AvgIpc) is 2.90. The van der Waals surface area contributed by atoms with Crippen LogP contribution in [0.1, 0.15) is 25.7 Å². The van der Waals surface area contributed by atoms with Crippen molar-refractivity contribution in [2.75, 3.05) is 20.2 Å². The molecule has 5 nitrogen and oxygen atoms in total. The van der Waals surface area contributed by atoms with E-state index in [2.05, 4.69) is 9.62 Å². The fraction of sp³-hybridized carbons (Fsp3) is 0.600. The lowest BCUT2D eigenvalue weighted by Gasteiger charge is -2.32. The van der Waals surface area contributed by atoms with Crippen molar-refractivity contribution in [3.8, 4) is 5.75 Å². The molecule has 1 N–H and O–H groups in total. The SMILES string of the molecule is COc1ccc(S(=O)(=O)N[C@H]2CCN3CCCC[C@@H]23)cc1Cl. The predicted molar refractivity (Wildman–Crippen MR) is 85.9 cm³/mol. The van der Waals surface area contributed by atoms with Crippen molar-refractivity contribution >= 4 is 21.6 Å². The number of sulfonamides is 1. The van der Waals surface area contributed by atoms with Crippen molar-refractivity contribution < 1.29 is 13.2 Å². The number of nitrogens with one attached hydrogen (secondary N) is 1. The van der Waals surface area contributed by atoms with Crippen LogP contribution in [-0.4, -0.2) is 45.6 Å². The molecule has 22 heavy (non-hydrogen) atoms. The highest BCUT2D eigenvalue weighted by Gasteiger charge is 2.37. The van der Waals surface area contributed by atoms with Gasteiger partial charge < -0.3 is 4.74 Å². The summed E-state index contributed by atoms with van der Waals surface area (Å²) in [5, 5.41) is 0.302. The van der Waals surface area contributed by atoms with Crippen LogP contribution in [0.4, 0.5) is 0 Å². The van der Waals surface area contributed by atoms with Crippen LogP contribution in [0.3, 0.4) is 0 Å². The summed E-state index contributed by atoms with van der Waals surface area (Å²) >= 11 is 6.04. The smallest absolute Gasteiger partial charge is 0.240 e.